The zero-order valence-corrected chi connectivity index (χ0v) is 21.4. The summed E-state index contributed by atoms with van der Waals surface area (Å²) >= 11 is 1.49. The summed E-state index contributed by atoms with van der Waals surface area (Å²) in [5, 5.41) is 2.42. The Bertz CT molecular complexity index is 1230. The quantitative estimate of drug-likeness (QED) is 0.361. The molecular formula is C29H28N2O5S. The third kappa shape index (κ3) is 5.06. The van der Waals surface area contributed by atoms with Crippen LogP contribution in [-0.4, -0.2) is 51.5 Å². The topological polar surface area (TPSA) is 84.9 Å². The van der Waals surface area contributed by atoms with E-state index in [0.717, 1.165) is 11.1 Å². The third-order valence-electron chi connectivity index (χ3n) is 6.53. The fourth-order valence-corrected chi connectivity index (χ4v) is 6.39. The van der Waals surface area contributed by atoms with Crippen molar-refractivity contribution in [2.75, 3.05) is 6.61 Å². The van der Waals surface area contributed by atoms with E-state index in [0.29, 0.717) is 5.75 Å². The molecule has 7 nitrogen and oxygen atoms in total. The molecule has 3 aromatic rings. The molecule has 2 aliphatic heterocycles. The fraction of sp³-hybridized carbons (Fsp3) is 0.276. The second kappa shape index (κ2) is 10.3. The summed E-state index contributed by atoms with van der Waals surface area (Å²) in [6, 6.07) is 26.6. The first-order valence-corrected chi connectivity index (χ1v) is 13.0. The van der Waals surface area contributed by atoms with Crippen LogP contribution in [-0.2, 0) is 19.1 Å². The van der Waals surface area contributed by atoms with E-state index in [2.05, 4.69) is 5.32 Å². The summed E-state index contributed by atoms with van der Waals surface area (Å²) in [5.41, 5.74) is 1.70. The number of rotatable bonds is 8. The van der Waals surface area contributed by atoms with Crippen molar-refractivity contribution in [3.8, 4) is 5.75 Å². The SMILES string of the molecule is CC1(C)S[C@H]2[C@H](NC(=O)COc3ccccc3)C(=O)N2[C@H]1C(=O)OC(c1ccccc1)c1ccccc1. The number of carbonyl (C=O) groups is 3. The Labute approximate surface area is 220 Å². The van der Waals surface area contributed by atoms with Crippen LogP contribution in [0.3, 0.4) is 0 Å². The summed E-state index contributed by atoms with van der Waals surface area (Å²) in [6.45, 7) is 3.65. The highest BCUT2D eigenvalue weighted by Crippen LogP contribution is 2.51. The molecule has 37 heavy (non-hydrogen) atoms. The summed E-state index contributed by atoms with van der Waals surface area (Å²) in [5.74, 6) is -0.582. The number of β-lactam (4-membered cyclic amide) rings is 1. The van der Waals surface area contributed by atoms with Gasteiger partial charge in [-0.05, 0) is 37.1 Å². The highest BCUT2D eigenvalue weighted by molar-refractivity contribution is 8.01. The van der Waals surface area contributed by atoms with Crippen LogP contribution in [0.1, 0.15) is 31.1 Å². The van der Waals surface area contributed by atoms with Crippen molar-refractivity contribution in [1.82, 2.24) is 10.2 Å². The third-order valence-corrected chi connectivity index (χ3v) is 8.10. The minimum absolute atomic E-state index is 0.199. The molecule has 190 valence electrons. The predicted octanol–water partition coefficient (Wildman–Crippen LogP) is 3.95. The van der Waals surface area contributed by atoms with Crippen LogP contribution < -0.4 is 10.1 Å². The molecule has 0 radical (unpaired) electrons. The van der Waals surface area contributed by atoms with Crippen LogP contribution in [0, 0.1) is 0 Å². The second-order valence-corrected chi connectivity index (χ2v) is 11.3. The average molecular weight is 517 g/mol. The van der Waals surface area contributed by atoms with Gasteiger partial charge in [-0.3, -0.25) is 9.59 Å². The Morgan fingerprint density at radius 2 is 1.46 bits per heavy atom. The lowest BCUT2D eigenvalue weighted by Crippen LogP contribution is -2.71. The minimum atomic E-state index is -0.779. The first-order valence-electron chi connectivity index (χ1n) is 12.1. The standard InChI is InChI=1S/C29H28N2O5S/c1-29(2)25(28(34)36-24(19-12-6-3-7-13-19)20-14-8-4-9-15-20)31-26(33)23(27(31)37-29)30-22(32)18-35-21-16-10-5-11-17-21/h3-17,23-25,27H,18H2,1-2H3,(H,30,32)/t23-,25+,27+/m1/s1. The number of benzene rings is 3. The van der Waals surface area contributed by atoms with Crippen LogP contribution in [0.5, 0.6) is 5.75 Å². The molecule has 0 aromatic heterocycles. The van der Waals surface area contributed by atoms with Gasteiger partial charge >= 0.3 is 5.97 Å². The van der Waals surface area contributed by atoms with Crippen molar-refractivity contribution in [3.63, 3.8) is 0 Å². The van der Waals surface area contributed by atoms with E-state index in [-0.39, 0.29) is 23.8 Å². The number of fused-ring (bicyclic) bond motifs is 1. The fourth-order valence-electron chi connectivity index (χ4n) is 4.77. The highest BCUT2D eigenvalue weighted by atomic mass is 32.2. The van der Waals surface area contributed by atoms with Crippen LogP contribution in [0.4, 0.5) is 0 Å². The number of hydrogen-bond acceptors (Lipinski definition) is 6. The van der Waals surface area contributed by atoms with Gasteiger partial charge < -0.3 is 19.7 Å². The van der Waals surface area contributed by atoms with Crippen molar-refractivity contribution >= 4 is 29.5 Å². The Hall–Kier alpha value is -3.78. The van der Waals surface area contributed by atoms with Gasteiger partial charge in [0.25, 0.3) is 5.91 Å². The summed E-state index contributed by atoms with van der Waals surface area (Å²) in [7, 11) is 0. The lowest BCUT2D eigenvalue weighted by molar-refractivity contribution is -0.166. The van der Waals surface area contributed by atoms with E-state index >= 15 is 0 Å². The van der Waals surface area contributed by atoms with Gasteiger partial charge in [-0.15, -0.1) is 11.8 Å². The molecule has 0 unspecified atom stereocenters. The molecule has 0 spiro atoms. The molecule has 2 aliphatic rings. The lowest BCUT2D eigenvalue weighted by Gasteiger charge is -2.44. The highest BCUT2D eigenvalue weighted by Gasteiger charge is 2.64. The molecule has 0 saturated carbocycles. The van der Waals surface area contributed by atoms with E-state index in [9.17, 15) is 14.4 Å². The van der Waals surface area contributed by atoms with E-state index in [4.69, 9.17) is 9.47 Å². The number of ether oxygens (including phenoxy) is 2. The first-order chi connectivity index (χ1) is 17.8. The van der Waals surface area contributed by atoms with Crippen LogP contribution in [0.15, 0.2) is 91.0 Å². The Morgan fingerprint density at radius 1 is 0.919 bits per heavy atom. The summed E-state index contributed by atoms with van der Waals surface area (Å²) < 4.78 is 11.0. The molecule has 3 atom stereocenters. The molecule has 3 aromatic carbocycles. The van der Waals surface area contributed by atoms with Crippen LogP contribution in [0.25, 0.3) is 0 Å². The van der Waals surface area contributed by atoms with E-state index in [1.807, 2.05) is 92.7 Å². The normalized spacial score (nSPS) is 21.6. The van der Waals surface area contributed by atoms with Gasteiger partial charge in [0.2, 0.25) is 5.91 Å². The number of carbonyl (C=O) groups excluding carboxylic acids is 3. The lowest BCUT2D eigenvalue weighted by atomic mass is 9.95. The number of nitrogens with zero attached hydrogens (tertiary/aromatic N) is 1. The molecule has 0 aliphatic carbocycles. The monoisotopic (exact) mass is 516 g/mol. The van der Waals surface area contributed by atoms with Crippen LogP contribution in [0.2, 0.25) is 0 Å². The molecule has 2 heterocycles. The Morgan fingerprint density at radius 3 is 2.03 bits per heavy atom. The maximum atomic E-state index is 13.6. The van der Waals surface area contributed by atoms with Gasteiger partial charge in [-0.25, -0.2) is 4.79 Å². The van der Waals surface area contributed by atoms with Crippen molar-refractivity contribution in [2.24, 2.45) is 0 Å². The maximum Gasteiger partial charge on any atom is 0.331 e. The molecule has 0 bridgehead atoms. The number of para-hydroxylation sites is 1. The van der Waals surface area contributed by atoms with Gasteiger partial charge in [0.15, 0.2) is 12.7 Å². The Balaban J connectivity index is 1.28. The van der Waals surface area contributed by atoms with E-state index in [1.165, 1.54) is 11.8 Å². The zero-order valence-electron chi connectivity index (χ0n) is 20.6. The smallest absolute Gasteiger partial charge is 0.331 e. The largest absolute Gasteiger partial charge is 0.484 e. The van der Waals surface area contributed by atoms with Gasteiger partial charge in [-0.2, -0.15) is 0 Å². The van der Waals surface area contributed by atoms with E-state index in [1.54, 1.807) is 17.0 Å². The van der Waals surface area contributed by atoms with Gasteiger partial charge in [-0.1, -0.05) is 78.9 Å². The molecule has 2 amide bonds. The molecule has 5 rings (SSSR count). The second-order valence-electron chi connectivity index (χ2n) is 9.55. The van der Waals surface area contributed by atoms with Crippen molar-refractivity contribution in [2.45, 2.75) is 42.2 Å². The molecular weight excluding hydrogens is 488 g/mol. The molecule has 1 N–H and O–H groups in total. The van der Waals surface area contributed by atoms with Crippen molar-refractivity contribution in [3.05, 3.63) is 102 Å². The number of hydrogen-bond donors (Lipinski definition) is 1. The zero-order chi connectivity index (χ0) is 26.0. The minimum Gasteiger partial charge on any atom is -0.484 e. The van der Waals surface area contributed by atoms with Crippen molar-refractivity contribution in [1.29, 1.82) is 0 Å². The first kappa shape index (κ1) is 24.9. The van der Waals surface area contributed by atoms with Crippen molar-refractivity contribution < 1.29 is 23.9 Å². The summed E-state index contributed by atoms with van der Waals surface area (Å²) in [4.78, 5) is 40.8. The van der Waals surface area contributed by atoms with Crippen LogP contribution >= 0.6 is 11.8 Å². The Kier molecular flexibility index (Phi) is 6.93. The number of nitrogens with one attached hydrogen (secondary N) is 1. The molecule has 2 fully saturated rings. The van der Waals surface area contributed by atoms with Gasteiger partial charge in [0.1, 0.15) is 23.2 Å². The average Bonchev–Trinajstić information content (AvgIpc) is 3.18. The molecule has 2 saturated heterocycles. The number of thioether (sulfide) groups is 1. The predicted molar refractivity (Wildman–Crippen MR) is 141 cm³/mol. The van der Waals surface area contributed by atoms with E-state index < -0.39 is 28.9 Å². The molecule has 8 heteroatoms. The maximum absolute atomic E-state index is 13.6. The number of esters is 1. The number of amides is 2. The van der Waals surface area contributed by atoms with Gasteiger partial charge in [0, 0.05) is 4.75 Å². The van der Waals surface area contributed by atoms with Gasteiger partial charge in [0.05, 0.1) is 0 Å². The summed E-state index contributed by atoms with van der Waals surface area (Å²) in [6.07, 6.45) is -0.600.